The molecule has 138 valence electrons. The SMILES string of the molecule is COC(NC(=O)COc1ccc(N=Nc2ccccc2)cc1)(OC)OC. The largest absolute Gasteiger partial charge is 0.484 e. The smallest absolute Gasteiger partial charge is 0.376 e. The summed E-state index contributed by atoms with van der Waals surface area (Å²) >= 11 is 0. The molecule has 1 amide bonds. The van der Waals surface area contributed by atoms with Gasteiger partial charge in [-0.05, 0) is 36.4 Å². The number of azo groups is 1. The van der Waals surface area contributed by atoms with E-state index >= 15 is 0 Å². The Labute approximate surface area is 151 Å². The van der Waals surface area contributed by atoms with E-state index in [2.05, 4.69) is 15.5 Å². The average molecular weight is 359 g/mol. The van der Waals surface area contributed by atoms with Crippen LogP contribution >= 0.6 is 0 Å². The Morgan fingerprint density at radius 1 is 0.885 bits per heavy atom. The number of amides is 1. The third-order valence-corrected chi connectivity index (χ3v) is 3.34. The molecule has 8 nitrogen and oxygen atoms in total. The van der Waals surface area contributed by atoms with E-state index in [9.17, 15) is 4.79 Å². The molecule has 26 heavy (non-hydrogen) atoms. The highest BCUT2D eigenvalue weighted by Gasteiger charge is 2.32. The lowest BCUT2D eigenvalue weighted by atomic mass is 10.3. The van der Waals surface area contributed by atoms with Crippen LogP contribution < -0.4 is 10.1 Å². The molecule has 0 saturated heterocycles. The van der Waals surface area contributed by atoms with Crippen molar-refractivity contribution < 1.29 is 23.7 Å². The van der Waals surface area contributed by atoms with Crippen LogP contribution in [0.1, 0.15) is 0 Å². The van der Waals surface area contributed by atoms with Crippen molar-refractivity contribution in [3.05, 3.63) is 54.6 Å². The van der Waals surface area contributed by atoms with Crippen molar-refractivity contribution in [2.45, 2.75) is 6.10 Å². The predicted octanol–water partition coefficient (Wildman–Crippen LogP) is 3.15. The molecule has 0 heterocycles. The van der Waals surface area contributed by atoms with E-state index in [0.29, 0.717) is 11.4 Å². The highest BCUT2D eigenvalue weighted by Crippen LogP contribution is 2.21. The van der Waals surface area contributed by atoms with E-state index in [1.165, 1.54) is 21.3 Å². The van der Waals surface area contributed by atoms with Crippen LogP contribution in [0.2, 0.25) is 0 Å². The van der Waals surface area contributed by atoms with Crippen LogP contribution in [0.15, 0.2) is 64.8 Å². The Balaban J connectivity index is 1.87. The van der Waals surface area contributed by atoms with Gasteiger partial charge in [-0.1, -0.05) is 18.2 Å². The van der Waals surface area contributed by atoms with Gasteiger partial charge in [-0.2, -0.15) is 10.2 Å². The molecule has 8 heteroatoms. The van der Waals surface area contributed by atoms with Gasteiger partial charge in [0.2, 0.25) is 0 Å². The first-order chi connectivity index (χ1) is 12.6. The van der Waals surface area contributed by atoms with E-state index in [1.807, 2.05) is 30.3 Å². The lowest BCUT2D eigenvalue weighted by Gasteiger charge is -2.28. The zero-order valence-corrected chi connectivity index (χ0v) is 14.8. The average Bonchev–Trinajstić information content (AvgIpc) is 2.70. The van der Waals surface area contributed by atoms with Crippen molar-refractivity contribution in [3.63, 3.8) is 0 Å². The van der Waals surface area contributed by atoms with E-state index in [4.69, 9.17) is 18.9 Å². The van der Waals surface area contributed by atoms with Crippen LogP contribution in [0.5, 0.6) is 5.75 Å². The fourth-order valence-electron chi connectivity index (χ4n) is 1.98. The Kier molecular flexibility index (Phi) is 7.22. The van der Waals surface area contributed by atoms with Gasteiger partial charge < -0.3 is 18.9 Å². The molecule has 2 aromatic rings. The molecule has 0 aliphatic heterocycles. The first kappa shape index (κ1) is 19.5. The third-order valence-electron chi connectivity index (χ3n) is 3.34. The molecule has 0 atom stereocenters. The molecule has 0 unspecified atom stereocenters. The van der Waals surface area contributed by atoms with Gasteiger partial charge in [0.15, 0.2) is 6.61 Å². The summed E-state index contributed by atoms with van der Waals surface area (Å²) in [5.41, 5.74) is 1.44. The number of carbonyl (C=O) groups excluding carboxylic acids is 1. The second-order valence-corrected chi connectivity index (χ2v) is 5.03. The van der Waals surface area contributed by atoms with Gasteiger partial charge in [0.05, 0.1) is 11.4 Å². The maximum atomic E-state index is 11.9. The number of methoxy groups -OCH3 is 3. The van der Waals surface area contributed by atoms with Crippen LogP contribution in [0.25, 0.3) is 0 Å². The molecule has 0 saturated carbocycles. The summed E-state index contributed by atoms with van der Waals surface area (Å²) in [6, 6.07) is 16.3. The lowest BCUT2D eigenvalue weighted by Crippen LogP contribution is -2.54. The molecule has 0 fully saturated rings. The van der Waals surface area contributed by atoms with Crippen molar-refractivity contribution in [1.82, 2.24) is 5.32 Å². The minimum atomic E-state index is -1.64. The van der Waals surface area contributed by atoms with Crippen molar-refractivity contribution in [1.29, 1.82) is 0 Å². The Morgan fingerprint density at radius 3 is 1.96 bits per heavy atom. The summed E-state index contributed by atoms with van der Waals surface area (Å²) in [6.07, 6.45) is -1.64. The lowest BCUT2D eigenvalue weighted by molar-refractivity contribution is -0.364. The van der Waals surface area contributed by atoms with Crippen molar-refractivity contribution in [2.24, 2.45) is 10.2 Å². The molecule has 0 radical (unpaired) electrons. The van der Waals surface area contributed by atoms with Crippen molar-refractivity contribution in [3.8, 4) is 5.75 Å². The molecule has 0 aliphatic carbocycles. The van der Waals surface area contributed by atoms with Crippen LogP contribution in [-0.2, 0) is 19.0 Å². The van der Waals surface area contributed by atoms with Crippen LogP contribution in [-0.4, -0.2) is 39.9 Å². The first-order valence-corrected chi connectivity index (χ1v) is 7.77. The molecule has 1 N–H and O–H groups in total. The number of nitrogens with zero attached hydrogens (tertiary/aromatic N) is 2. The zero-order valence-electron chi connectivity index (χ0n) is 14.8. The molecular formula is C18H21N3O5. The fourth-order valence-corrected chi connectivity index (χ4v) is 1.98. The Bertz CT molecular complexity index is 707. The summed E-state index contributed by atoms with van der Waals surface area (Å²) in [4.78, 5) is 11.9. The number of hydrogen-bond donors (Lipinski definition) is 1. The Morgan fingerprint density at radius 2 is 1.42 bits per heavy atom. The van der Waals surface area contributed by atoms with E-state index in [-0.39, 0.29) is 6.61 Å². The highest BCUT2D eigenvalue weighted by molar-refractivity contribution is 5.77. The molecule has 0 bridgehead atoms. The third kappa shape index (κ3) is 5.62. The maximum Gasteiger partial charge on any atom is 0.376 e. The molecule has 2 rings (SSSR count). The summed E-state index contributed by atoms with van der Waals surface area (Å²) in [7, 11) is 4.03. The van der Waals surface area contributed by atoms with Gasteiger partial charge in [-0.15, -0.1) is 0 Å². The molecule has 0 spiro atoms. The first-order valence-electron chi connectivity index (χ1n) is 7.77. The van der Waals surface area contributed by atoms with Crippen LogP contribution in [0.4, 0.5) is 11.4 Å². The molecule has 0 aliphatic rings. The minimum Gasteiger partial charge on any atom is -0.484 e. The topological polar surface area (TPSA) is 90.7 Å². The van der Waals surface area contributed by atoms with E-state index in [0.717, 1.165) is 5.69 Å². The van der Waals surface area contributed by atoms with Crippen molar-refractivity contribution in [2.75, 3.05) is 27.9 Å². The number of carbonyl (C=O) groups is 1. The van der Waals surface area contributed by atoms with Crippen LogP contribution in [0.3, 0.4) is 0 Å². The van der Waals surface area contributed by atoms with Gasteiger partial charge in [-0.3, -0.25) is 10.1 Å². The normalized spacial score (nSPS) is 11.5. The van der Waals surface area contributed by atoms with Gasteiger partial charge >= 0.3 is 6.10 Å². The molecule has 0 aromatic heterocycles. The second-order valence-electron chi connectivity index (χ2n) is 5.03. The van der Waals surface area contributed by atoms with E-state index in [1.54, 1.807) is 24.3 Å². The quantitative estimate of drug-likeness (QED) is 0.549. The number of benzene rings is 2. The van der Waals surface area contributed by atoms with E-state index < -0.39 is 12.0 Å². The number of ether oxygens (including phenoxy) is 4. The molecule has 2 aromatic carbocycles. The summed E-state index contributed by atoms with van der Waals surface area (Å²) in [5, 5.41) is 10.7. The number of nitrogens with one attached hydrogen (secondary N) is 1. The molecular weight excluding hydrogens is 338 g/mol. The van der Waals surface area contributed by atoms with Gasteiger partial charge in [0.1, 0.15) is 5.75 Å². The zero-order chi connectivity index (χ0) is 18.8. The summed E-state index contributed by atoms with van der Waals surface area (Å²) in [6.45, 7) is -0.233. The number of hydrogen-bond acceptors (Lipinski definition) is 7. The van der Waals surface area contributed by atoms with Crippen molar-refractivity contribution >= 4 is 17.3 Å². The maximum absolute atomic E-state index is 11.9. The minimum absolute atomic E-state index is 0.233. The standard InChI is InChI=1S/C18H21N3O5/c1-23-18(24-2,25-3)19-17(22)13-26-16-11-9-15(10-12-16)21-20-14-7-5-4-6-8-14/h4-12H,13H2,1-3H3,(H,19,22). The van der Waals surface area contributed by atoms with Crippen LogP contribution in [0, 0.1) is 0 Å². The summed E-state index contributed by atoms with van der Waals surface area (Å²) < 4.78 is 20.4. The Hall–Kier alpha value is -2.81. The second kappa shape index (κ2) is 9.62. The predicted molar refractivity (Wildman–Crippen MR) is 94.5 cm³/mol. The number of rotatable bonds is 9. The fraction of sp³-hybridized carbons (Fsp3) is 0.278. The highest BCUT2D eigenvalue weighted by atomic mass is 16.9. The van der Waals surface area contributed by atoms with Gasteiger partial charge in [0.25, 0.3) is 5.91 Å². The monoisotopic (exact) mass is 359 g/mol. The van der Waals surface area contributed by atoms with Gasteiger partial charge in [0, 0.05) is 21.3 Å². The van der Waals surface area contributed by atoms with Gasteiger partial charge in [-0.25, -0.2) is 0 Å². The summed E-state index contributed by atoms with van der Waals surface area (Å²) in [5.74, 6) is 0.0417.